The Bertz CT molecular complexity index is 368. The summed E-state index contributed by atoms with van der Waals surface area (Å²) in [5.41, 5.74) is -0.856. The largest absolute Gasteiger partial charge is 0.501 e. The molecule has 1 aromatic rings. The quantitative estimate of drug-likeness (QED) is 0.564. The molecule has 0 spiro atoms. The Hall–Kier alpha value is -1.89. The second-order valence-electron chi connectivity index (χ2n) is 1.92. The second kappa shape index (κ2) is 2.80. The fraction of sp³-hybridized carbons (Fsp3) is 0. The second-order valence-corrected chi connectivity index (χ2v) is 1.92. The summed E-state index contributed by atoms with van der Waals surface area (Å²) in [5, 5.41) is 17.3. The lowest BCUT2D eigenvalue weighted by Crippen LogP contribution is -1.91. The van der Waals surface area contributed by atoms with E-state index in [0.717, 1.165) is 0 Å². The molecule has 0 bridgehead atoms. The molecule has 4 nitrogen and oxygen atoms in total. The molecule has 1 aromatic carbocycles. The van der Waals surface area contributed by atoms with Crippen LogP contribution >= 0.6 is 0 Å². The molecule has 0 aromatic heterocycles. The zero-order valence-corrected chi connectivity index (χ0v) is 5.56. The van der Waals surface area contributed by atoms with Crippen LogP contribution in [-0.2, 0) is 0 Å². The first-order valence-electron chi connectivity index (χ1n) is 2.93. The van der Waals surface area contributed by atoms with Gasteiger partial charge in [-0.2, -0.15) is 0 Å². The standard InChI is InChI=1S/C7H4N2O2/c8-9-7-5(10)3-1-2-4-6(7)11/h1-4H/p+1. The fourth-order valence-electron chi connectivity index (χ4n) is 0.674. The van der Waals surface area contributed by atoms with Crippen LogP contribution in [0.2, 0.25) is 0 Å². The molecule has 0 unspecified atom stereocenters. The van der Waals surface area contributed by atoms with Crippen LogP contribution in [-0.4, -0.2) is 5.11 Å². The monoisotopic (exact) mass is 149 g/mol. The number of aromatic hydroxyl groups is 1. The summed E-state index contributed by atoms with van der Waals surface area (Å²) in [6.45, 7) is 0. The zero-order chi connectivity index (χ0) is 8.27. The first kappa shape index (κ1) is 7.22. The average molecular weight is 149 g/mol. The summed E-state index contributed by atoms with van der Waals surface area (Å²) in [6.07, 6.45) is 0. The van der Waals surface area contributed by atoms with Crippen LogP contribution in [0.5, 0.6) is 5.75 Å². The summed E-state index contributed by atoms with van der Waals surface area (Å²) in [5.74, 6) is -0.331. The summed E-state index contributed by atoms with van der Waals surface area (Å²) in [7, 11) is 0. The van der Waals surface area contributed by atoms with E-state index < -0.39 is 5.43 Å². The fourth-order valence-corrected chi connectivity index (χ4v) is 0.674. The van der Waals surface area contributed by atoms with Crippen molar-refractivity contribution >= 4 is 5.69 Å². The summed E-state index contributed by atoms with van der Waals surface area (Å²) in [6, 6.07) is 5.41. The van der Waals surface area contributed by atoms with Crippen LogP contribution in [0.25, 0.3) is 4.98 Å². The van der Waals surface area contributed by atoms with Crippen molar-refractivity contribution in [1.29, 1.82) is 5.39 Å². The van der Waals surface area contributed by atoms with Crippen molar-refractivity contribution in [3.05, 3.63) is 39.5 Å². The molecule has 0 atom stereocenters. The molecular weight excluding hydrogens is 144 g/mol. The van der Waals surface area contributed by atoms with Crippen LogP contribution < -0.4 is 5.43 Å². The van der Waals surface area contributed by atoms with E-state index in [0.29, 0.717) is 0 Å². The molecular formula is C7H5N2O2+. The molecule has 1 N–H and O–H groups in total. The summed E-state index contributed by atoms with van der Waals surface area (Å²) >= 11 is 0. The lowest BCUT2D eigenvalue weighted by molar-refractivity contribution is 0.478. The number of hydrogen-bond donors (Lipinski definition) is 1. The predicted molar refractivity (Wildman–Crippen MR) is 39.1 cm³/mol. The highest BCUT2D eigenvalue weighted by atomic mass is 16.3. The van der Waals surface area contributed by atoms with E-state index in [1.165, 1.54) is 24.3 Å². The summed E-state index contributed by atoms with van der Waals surface area (Å²) in [4.78, 5) is 13.5. The van der Waals surface area contributed by atoms with Crippen molar-refractivity contribution in [3.8, 4) is 5.75 Å². The van der Waals surface area contributed by atoms with Crippen LogP contribution in [0.1, 0.15) is 0 Å². The van der Waals surface area contributed by atoms with E-state index >= 15 is 0 Å². The molecule has 11 heavy (non-hydrogen) atoms. The molecule has 4 heteroatoms. The zero-order valence-electron chi connectivity index (χ0n) is 5.56. The predicted octanol–water partition coefficient (Wildman–Crippen LogP) is 1.24. The Morgan fingerprint density at radius 1 is 1.36 bits per heavy atom. The first-order valence-corrected chi connectivity index (χ1v) is 2.93. The van der Waals surface area contributed by atoms with Crippen molar-refractivity contribution in [3.63, 3.8) is 0 Å². The van der Waals surface area contributed by atoms with Crippen LogP contribution in [0.3, 0.4) is 0 Å². The van der Waals surface area contributed by atoms with Gasteiger partial charge in [0.1, 0.15) is 0 Å². The van der Waals surface area contributed by atoms with Crippen molar-refractivity contribution in [1.82, 2.24) is 0 Å². The molecule has 0 heterocycles. The Morgan fingerprint density at radius 3 is 2.64 bits per heavy atom. The van der Waals surface area contributed by atoms with Gasteiger partial charge in [-0.3, -0.25) is 4.79 Å². The van der Waals surface area contributed by atoms with Gasteiger partial charge < -0.3 is 5.11 Å². The van der Waals surface area contributed by atoms with Gasteiger partial charge >= 0.3 is 5.69 Å². The molecule has 0 aliphatic rings. The first-order chi connectivity index (χ1) is 5.25. The van der Waals surface area contributed by atoms with Gasteiger partial charge in [0, 0.05) is 0 Å². The molecule has 1 rings (SSSR count). The lowest BCUT2D eigenvalue weighted by Gasteiger charge is -1.72. The highest BCUT2D eigenvalue weighted by molar-refractivity contribution is 5.54. The maximum atomic E-state index is 10.9. The molecule has 0 fully saturated rings. The summed E-state index contributed by atoms with van der Waals surface area (Å²) < 4.78 is 0. The van der Waals surface area contributed by atoms with E-state index in [2.05, 4.69) is 4.98 Å². The van der Waals surface area contributed by atoms with Gasteiger partial charge in [0.25, 0.3) is 5.43 Å². The third-order valence-corrected chi connectivity index (χ3v) is 1.19. The molecule has 0 aliphatic carbocycles. The van der Waals surface area contributed by atoms with E-state index in [1.807, 2.05) is 0 Å². The van der Waals surface area contributed by atoms with Gasteiger partial charge in [-0.15, -0.1) is 0 Å². The van der Waals surface area contributed by atoms with Crippen molar-refractivity contribution in [2.75, 3.05) is 0 Å². The van der Waals surface area contributed by atoms with E-state index in [1.54, 1.807) is 0 Å². The van der Waals surface area contributed by atoms with E-state index in [9.17, 15) is 4.79 Å². The highest BCUT2D eigenvalue weighted by Gasteiger charge is 2.15. The Balaban J connectivity index is 3.61. The van der Waals surface area contributed by atoms with Crippen LogP contribution in [0, 0.1) is 5.39 Å². The molecule has 0 amide bonds. The Morgan fingerprint density at radius 2 is 2.00 bits per heavy atom. The number of nitrogens with zero attached hydrogens (tertiary/aromatic N) is 2. The van der Waals surface area contributed by atoms with Gasteiger partial charge in [0.05, 0.1) is 0 Å². The molecule has 0 saturated heterocycles. The normalized spacial score (nSPS) is 8.64. The minimum Gasteiger partial charge on any atom is -0.501 e. The van der Waals surface area contributed by atoms with Crippen LogP contribution in [0.15, 0.2) is 29.1 Å². The van der Waals surface area contributed by atoms with E-state index in [4.69, 9.17) is 10.5 Å². The third kappa shape index (κ3) is 1.33. The van der Waals surface area contributed by atoms with Gasteiger partial charge in [-0.05, 0) is 12.1 Å². The number of diazo groups is 1. The van der Waals surface area contributed by atoms with Crippen molar-refractivity contribution in [2.24, 2.45) is 0 Å². The topological polar surface area (TPSA) is 65.4 Å². The minimum atomic E-state index is -0.519. The SMILES string of the molecule is N#[N+]c1c(O)ccccc1=O. The van der Waals surface area contributed by atoms with Gasteiger partial charge in [-0.1, -0.05) is 12.1 Å². The van der Waals surface area contributed by atoms with E-state index in [-0.39, 0.29) is 11.4 Å². The van der Waals surface area contributed by atoms with Crippen molar-refractivity contribution in [2.45, 2.75) is 0 Å². The average Bonchev–Trinajstić information content (AvgIpc) is 2.12. The lowest BCUT2D eigenvalue weighted by atomic mass is 10.4. The molecule has 0 radical (unpaired) electrons. The third-order valence-electron chi connectivity index (χ3n) is 1.19. The Labute approximate surface area is 62.4 Å². The van der Waals surface area contributed by atoms with Gasteiger partial charge in [-0.25, -0.2) is 0 Å². The number of rotatable bonds is 0. The van der Waals surface area contributed by atoms with Gasteiger partial charge in [0.15, 0.2) is 4.98 Å². The maximum absolute atomic E-state index is 10.9. The molecule has 54 valence electrons. The minimum absolute atomic E-state index is 0.331. The Kier molecular flexibility index (Phi) is 1.83. The maximum Gasteiger partial charge on any atom is 0.472 e. The highest BCUT2D eigenvalue weighted by Crippen LogP contribution is 2.18. The molecule has 0 saturated carbocycles. The molecule has 0 aliphatic heterocycles. The van der Waals surface area contributed by atoms with Crippen LogP contribution in [0.4, 0.5) is 5.69 Å². The number of hydrogen-bond acceptors (Lipinski definition) is 3. The van der Waals surface area contributed by atoms with Crippen molar-refractivity contribution < 1.29 is 5.11 Å². The smallest absolute Gasteiger partial charge is 0.472 e. The van der Waals surface area contributed by atoms with Gasteiger partial charge in [0.2, 0.25) is 11.1 Å².